The van der Waals surface area contributed by atoms with Gasteiger partial charge in [0.05, 0.1) is 18.8 Å². The van der Waals surface area contributed by atoms with Crippen molar-refractivity contribution in [3.8, 4) is 0 Å². The highest BCUT2D eigenvalue weighted by Gasteiger charge is 2.21. The molecule has 0 atom stereocenters. The van der Waals surface area contributed by atoms with Crippen LogP contribution < -0.4 is 10.9 Å². The summed E-state index contributed by atoms with van der Waals surface area (Å²) < 4.78 is 12.1. The number of pyridine rings is 1. The first-order valence-electron chi connectivity index (χ1n) is 8.90. The number of anilines is 1. The van der Waals surface area contributed by atoms with E-state index in [9.17, 15) is 14.4 Å². The van der Waals surface area contributed by atoms with Crippen molar-refractivity contribution >= 4 is 28.5 Å². The van der Waals surface area contributed by atoms with E-state index >= 15 is 0 Å². The number of rotatable bonds is 3. The fourth-order valence-electron chi connectivity index (χ4n) is 3.14. The fourth-order valence-corrected chi connectivity index (χ4v) is 3.14. The predicted octanol–water partition coefficient (Wildman–Crippen LogP) is 1.86. The number of carbonyl (C=O) groups is 2. The Kier molecular flexibility index (Phi) is 4.70. The summed E-state index contributed by atoms with van der Waals surface area (Å²) in [5.41, 5.74) is 0.510. The molecule has 1 aliphatic rings. The quantitative estimate of drug-likeness (QED) is 0.747. The number of hydrogen-bond donors (Lipinski definition) is 1. The largest absolute Gasteiger partial charge is 0.451 e. The first-order valence-corrected chi connectivity index (χ1v) is 8.90. The minimum atomic E-state index is -0.552. The summed E-state index contributed by atoms with van der Waals surface area (Å²) in [4.78, 5) is 39.4. The van der Waals surface area contributed by atoms with Gasteiger partial charge in [-0.3, -0.25) is 14.4 Å². The molecule has 144 valence electrons. The summed E-state index contributed by atoms with van der Waals surface area (Å²) in [5.74, 6) is -0.671. The number of amides is 2. The highest BCUT2D eigenvalue weighted by atomic mass is 16.5. The Bertz CT molecular complexity index is 1080. The number of nitrogens with zero attached hydrogens (tertiary/aromatic N) is 2. The lowest BCUT2D eigenvalue weighted by atomic mass is 10.2. The molecule has 0 spiro atoms. The van der Waals surface area contributed by atoms with Crippen molar-refractivity contribution in [3.05, 3.63) is 64.3 Å². The van der Waals surface area contributed by atoms with Crippen molar-refractivity contribution in [2.24, 2.45) is 7.05 Å². The maximum absolute atomic E-state index is 12.7. The normalized spacial score (nSPS) is 14.2. The Hall–Kier alpha value is -3.39. The van der Waals surface area contributed by atoms with Crippen LogP contribution in [0.1, 0.15) is 20.9 Å². The van der Waals surface area contributed by atoms with Gasteiger partial charge in [-0.25, -0.2) is 0 Å². The number of fused-ring (bicyclic) bond motifs is 1. The molecule has 1 aromatic carbocycles. The highest BCUT2D eigenvalue weighted by molar-refractivity contribution is 6.05. The zero-order chi connectivity index (χ0) is 19.7. The lowest BCUT2D eigenvalue weighted by Crippen LogP contribution is -2.41. The third-order valence-corrected chi connectivity index (χ3v) is 4.63. The van der Waals surface area contributed by atoms with Crippen molar-refractivity contribution < 1.29 is 18.7 Å². The van der Waals surface area contributed by atoms with Gasteiger partial charge in [-0.15, -0.1) is 0 Å². The van der Waals surface area contributed by atoms with E-state index in [1.165, 1.54) is 23.9 Å². The second kappa shape index (κ2) is 7.32. The molecule has 3 aromatic rings. The van der Waals surface area contributed by atoms with Gasteiger partial charge in [-0.05, 0) is 18.2 Å². The van der Waals surface area contributed by atoms with Crippen LogP contribution in [0, 0.1) is 0 Å². The summed E-state index contributed by atoms with van der Waals surface area (Å²) in [6, 6.07) is 10.3. The number of benzene rings is 1. The number of ether oxygens (including phenoxy) is 1. The topological polar surface area (TPSA) is 93.8 Å². The van der Waals surface area contributed by atoms with Crippen LogP contribution in [0.25, 0.3) is 11.0 Å². The van der Waals surface area contributed by atoms with Crippen molar-refractivity contribution in [1.29, 1.82) is 0 Å². The third-order valence-electron chi connectivity index (χ3n) is 4.63. The van der Waals surface area contributed by atoms with Gasteiger partial charge < -0.3 is 23.9 Å². The molecule has 28 heavy (non-hydrogen) atoms. The predicted molar refractivity (Wildman–Crippen MR) is 103 cm³/mol. The maximum Gasteiger partial charge on any atom is 0.291 e. The van der Waals surface area contributed by atoms with Gasteiger partial charge in [0.15, 0.2) is 5.76 Å². The van der Waals surface area contributed by atoms with Crippen LogP contribution in [0.15, 0.2) is 51.8 Å². The van der Waals surface area contributed by atoms with E-state index in [1.54, 1.807) is 17.0 Å². The molecular formula is C20H19N3O5. The summed E-state index contributed by atoms with van der Waals surface area (Å²) >= 11 is 0. The van der Waals surface area contributed by atoms with Crippen molar-refractivity contribution in [2.75, 3.05) is 31.6 Å². The summed E-state index contributed by atoms with van der Waals surface area (Å²) in [6.45, 7) is 1.94. The molecule has 2 aromatic heterocycles. The van der Waals surface area contributed by atoms with Gasteiger partial charge in [0.1, 0.15) is 11.3 Å². The maximum atomic E-state index is 12.7. The number of nitrogens with one attached hydrogen (secondary N) is 1. The van der Waals surface area contributed by atoms with Crippen molar-refractivity contribution in [2.45, 2.75) is 0 Å². The average Bonchev–Trinajstić information content (AvgIpc) is 3.16. The van der Waals surface area contributed by atoms with E-state index in [0.29, 0.717) is 37.4 Å². The molecule has 2 amide bonds. The molecule has 0 aliphatic carbocycles. The first-order chi connectivity index (χ1) is 13.5. The summed E-state index contributed by atoms with van der Waals surface area (Å²) in [7, 11) is 1.54. The monoisotopic (exact) mass is 381 g/mol. The summed E-state index contributed by atoms with van der Waals surface area (Å²) in [5, 5.41) is 3.35. The molecule has 1 aliphatic heterocycles. The Balaban J connectivity index is 1.61. The smallest absolute Gasteiger partial charge is 0.291 e. The lowest BCUT2D eigenvalue weighted by Gasteiger charge is -2.27. The number of carbonyl (C=O) groups excluding carboxylic acids is 2. The number of para-hydroxylation sites is 1. The Labute approximate surface area is 160 Å². The van der Waals surface area contributed by atoms with Crippen LogP contribution in [0.3, 0.4) is 0 Å². The molecule has 8 nitrogen and oxygen atoms in total. The standard InChI is InChI=1S/C20H19N3O5/c1-22-12-14(19(25)23-6-8-27-9-7-23)10-15(20(22)26)21-18(24)17-11-13-4-2-3-5-16(13)28-17/h2-5,10-12H,6-9H2,1H3,(H,21,24). The van der Waals surface area contributed by atoms with E-state index in [2.05, 4.69) is 5.32 Å². The molecule has 0 unspecified atom stereocenters. The zero-order valence-corrected chi connectivity index (χ0v) is 15.3. The molecule has 3 heterocycles. The average molecular weight is 381 g/mol. The molecule has 1 N–H and O–H groups in total. The summed E-state index contributed by atoms with van der Waals surface area (Å²) in [6.07, 6.45) is 1.47. The van der Waals surface area contributed by atoms with E-state index in [0.717, 1.165) is 5.39 Å². The van der Waals surface area contributed by atoms with Crippen LogP contribution in [0.2, 0.25) is 0 Å². The van der Waals surface area contributed by atoms with Crippen LogP contribution >= 0.6 is 0 Å². The van der Waals surface area contributed by atoms with E-state index in [1.807, 2.05) is 18.2 Å². The zero-order valence-electron chi connectivity index (χ0n) is 15.3. The van der Waals surface area contributed by atoms with Crippen LogP contribution in [0.4, 0.5) is 5.69 Å². The van der Waals surface area contributed by atoms with Gasteiger partial charge in [-0.1, -0.05) is 18.2 Å². The number of furan rings is 1. The van der Waals surface area contributed by atoms with Gasteiger partial charge in [0.2, 0.25) is 0 Å². The van der Waals surface area contributed by atoms with E-state index in [4.69, 9.17) is 9.15 Å². The molecule has 0 bridgehead atoms. The highest BCUT2D eigenvalue weighted by Crippen LogP contribution is 2.20. The second-order valence-electron chi connectivity index (χ2n) is 6.57. The molecular weight excluding hydrogens is 362 g/mol. The van der Waals surface area contributed by atoms with E-state index in [-0.39, 0.29) is 17.4 Å². The number of aryl methyl sites for hydroxylation is 1. The van der Waals surface area contributed by atoms with Crippen LogP contribution in [0.5, 0.6) is 0 Å². The van der Waals surface area contributed by atoms with Gasteiger partial charge in [-0.2, -0.15) is 0 Å². The van der Waals surface area contributed by atoms with E-state index < -0.39 is 11.5 Å². The SMILES string of the molecule is Cn1cc(C(=O)N2CCOCC2)cc(NC(=O)c2cc3ccccc3o2)c1=O. The van der Waals surface area contributed by atoms with Gasteiger partial charge in [0.25, 0.3) is 17.4 Å². The van der Waals surface area contributed by atoms with Crippen LogP contribution in [-0.4, -0.2) is 47.6 Å². The molecule has 0 radical (unpaired) electrons. The minimum Gasteiger partial charge on any atom is -0.451 e. The molecule has 4 rings (SSSR count). The van der Waals surface area contributed by atoms with Crippen molar-refractivity contribution in [1.82, 2.24) is 9.47 Å². The Morgan fingerprint density at radius 3 is 2.61 bits per heavy atom. The minimum absolute atomic E-state index is 0.0204. The molecule has 0 saturated carbocycles. The lowest BCUT2D eigenvalue weighted by molar-refractivity contribution is 0.0302. The first kappa shape index (κ1) is 18.0. The third kappa shape index (κ3) is 3.41. The van der Waals surface area contributed by atoms with Crippen LogP contribution in [-0.2, 0) is 11.8 Å². The fraction of sp³-hybridized carbons (Fsp3) is 0.250. The Morgan fingerprint density at radius 2 is 1.86 bits per heavy atom. The molecule has 1 fully saturated rings. The number of aromatic nitrogens is 1. The van der Waals surface area contributed by atoms with Crippen molar-refractivity contribution in [3.63, 3.8) is 0 Å². The molecule has 8 heteroatoms. The second-order valence-corrected chi connectivity index (χ2v) is 6.57. The van der Waals surface area contributed by atoms with Gasteiger partial charge >= 0.3 is 0 Å². The Morgan fingerprint density at radius 1 is 1.11 bits per heavy atom. The number of morpholine rings is 1. The molecule has 1 saturated heterocycles. The van der Waals surface area contributed by atoms with Gasteiger partial charge in [0, 0.05) is 31.7 Å². The number of hydrogen-bond acceptors (Lipinski definition) is 5.